The van der Waals surface area contributed by atoms with Gasteiger partial charge < -0.3 is 10.6 Å². The number of halogens is 2. The first-order valence-corrected chi connectivity index (χ1v) is 5.99. The summed E-state index contributed by atoms with van der Waals surface area (Å²) in [6, 6.07) is 9.64. The number of nitrogens with zero attached hydrogens (tertiary/aromatic N) is 1. The highest BCUT2D eigenvalue weighted by atomic mass is 19.1. The molecule has 0 heterocycles. The van der Waals surface area contributed by atoms with Crippen LogP contribution in [0.3, 0.4) is 0 Å². The normalized spacial score (nSPS) is 10.5. The van der Waals surface area contributed by atoms with Gasteiger partial charge in [-0.2, -0.15) is 0 Å². The first-order chi connectivity index (χ1) is 8.99. The molecule has 2 rings (SSSR count). The van der Waals surface area contributed by atoms with Gasteiger partial charge in [0.25, 0.3) is 0 Å². The molecule has 0 radical (unpaired) electrons. The molecule has 2 aromatic carbocycles. The molecular formula is C15H16F2N2. The van der Waals surface area contributed by atoms with Crippen molar-refractivity contribution < 1.29 is 8.78 Å². The molecule has 0 fully saturated rings. The summed E-state index contributed by atoms with van der Waals surface area (Å²) in [6.07, 6.45) is 0. The lowest BCUT2D eigenvalue weighted by atomic mass is 10.1. The number of rotatable bonds is 3. The van der Waals surface area contributed by atoms with E-state index in [-0.39, 0.29) is 11.5 Å². The first kappa shape index (κ1) is 13.3. The van der Waals surface area contributed by atoms with Gasteiger partial charge in [-0.1, -0.05) is 18.2 Å². The van der Waals surface area contributed by atoms with Crippen molar-refractivity contribution in [3.05, 3.63) is 59.2 Å². The number of hydrogen-bond donors (Lipinski definition) is 1. The Bertz CT molecular complexity index is 597. The number of anilines is 2. The van der Waals surface area contributed by atoms with Crippen molar-refractivity contribution in [2.75, 3.05) is 17.7 Å². The van der Waals surface area contributed by atoms with Crippen molar-refractivity contribution in [3.63, 3.8) is 0 Å². The van der Waals surface area contributed by atoms with Crippen LogP contribution in [-0.4, -0.2) is 7.05 Å². The van der Waals surface area contributed by atoms with E-state index in [1.54, 1.807) is 31.2 Å². The number of nitrogens with two attached hydrogens (primary N) is 1. The van der Waals surface area contributed by atoms with Crippen LogP contribution in [0, 0.1) is 18.6 Å². The van der Waals surface area contributed by atoms with E-state index in [0.29, 0.717) is 17.8 Å². The van der Waals surface area contributed by atoms with E-state index in [1.165, 1.54) is 12.1 Å². The molecule has 0 saturated carbocycles. The lowest BCUT2D eigenvalue weighted by Gasteiger charge is -2.21. The maximum atomic E-state index is 13.4. The number of nitrogen functional groups attached to an aromatic ring is 1. The summed E-state index contributed by atoms with van der Waals surface area (Å²) in [5.74, 6) is -0.656. The second-order valence-corrected chi connectivity index (χ2v) is 4.61. The van der Waals surface area contributed by atoms with Gasteiger partial charge >= 0.3 is 0 Å². The Morgan fingerprint density at radius 2 is 1.84 bits per heavy atom. The SMILES string of the molecule is Cc1cc(CN(C)c2cccc(F)c2N)ccc1F. The zero-order valence-electron chi connectivity index (χ0n) is 11.0. The number of aryl methyl sites for hydroxylation is 1. The highest BCUT2D eigenvalue weighted by molar-refractivity contribution is 5.67. The summed E-state index contributed by atoms with van der Waals surface area (Å²) >= 11 is 0. The molecule has 0 aliphatic rings. The van der Waals surface area contributed by atoms with Crippen molar-refractivity contribution in [3.8, 4) is 0 Å². The van der Waals surface area contributed by atoms with E-state index in [1.807, 2.05) is 11.9 Å². The van der Waals surface area contributed by atoms with Crippen molar-refractivity contribution in [2.24, 2.45) is 0 Å². The number of para-hydroxylation sites is 1. The molecule has 0 bridgehead atoms. The molecule has 0 aromatic heterocycles. The summed E-state index contributed by atoms with van der Waals surface area (Å²) in [4.78, 5) is 1.84. The Morgan fingerprint density at radius 3 is 2.53 bits per heavy atom. The minimum atomic E-state index is -0.431. The van der Waals surface area contributed by atoms with Crippen molar-refractivity contribution >= 4 is 11.4 Å². The third kappa shape index (κ3) is 2.84. The van der Waals surface area contributed by atoms with Crippen molar-refractivity contribution in [1.29, 1.82) is 0 Å². The Hall–Kier alpha value is -2.10. The molecule has 2 aromatic rings. The fourth-order valence-electron chi connectivity index (χ4n) is 2.02. The lowest BCUT2D eigenvalue weighted by molar-refractivity contribution is 0.617. The third-order valence-electron chi connectivity index (χ3n) is 3.08. The monoisotopic (exact) mass is 262 g/mol. The molecule has 0 saturated heterocycles. The number of hydrogen-bond acceptors (Lipinski definition) is 2. The van der Waals surface area contributed by atoms with E-state index >= 15 is 0 Å². The van der Waals surface area contributed by atoms with E-state index < -0.39 is 5.82 Å². The van der Waals surface area contributed by atoms with Gasteiger partial charge in [0.2, 0.25) is 0 Å². The maximum absolute atomic E-state index is 13.4. The molecule has 0 unspecified atom stereocenters. The fourth-order valence-corrected chi connectivity index (χ4v) is 2.02. The molecule has 4 heteroatoms. The van der Waals surface area contributed by atoms with Gasteiger partial charge in [0.05, 0.1) is 11.4 Å². The average Bonchev–Trinajstić information content (AvgIpc) is 2.37. The first-order valence-electron chi connectivity index (χ1n) is 5.99. The minimum Gasteiger partial charge on any atom is -0.395 e. The molecule has 2 nitrogen and oxygen atoms in total. The second-order valence-electron chi connectivity index (χ2n) is 4.61. The number of benzene rings is 2. The van der Waals surface area contributed by atoms with Gasteiger partial charge in [0.1, 0.15) is 11.6 Å². The van der Waals surface area contributed by atoms with Gasteiger partial charge in [0.15, 0.2) is 0 Å². The minimum absolute atomic E-state index is 0.129. The molecule has 2 N–H and O–H groups in total. The van der Waals surface area contributed by atoms with Gasteiger partial charge in [0, 0.05) is 13.6 Å². The molecule has 100 valence electrons. The smallest absolute Gasteiger partial charge is 0.148 e. The summed E-state index contributed by atoms with van der Waals surface area (Å²) in [5.41, 5.74) is 8.01. The highest BCUT2D eigenvalue weighted by Crippen LogP contribution is 2.26. The van der Waals surface area contributed by atoms with Crippen LogP contribution in [0.25, 0.3) is 0 Å². The Balaban J connectivity index is 2.23. The zero-order valence-corrected chi connectivity index (χ0v) is 11.0. The van der Waals surface area contributed by atoms with Crippen LogP contribution in [0.2, 0.25) is 0 Å². The van der Waals surface area contributed by atoms with E-state index in [2.05, 4.69) is 0 Å². The van der Waals surface area contributed by atoms with Crippen LogP contribution in [0.5, 0.6) is 0 Å². The molecule has 0 aliphatic heterocycles. The second kappa shape index (κ2) is 5.26. The predicted octanol–water partition coefficient (Wildman–Crippen LogP) is 3.49. The lowest BCUT2D eigenvalue weighted by Crippen LogP contribution is -2.18. The maximum Gasteiger partial charge on any atom is 0.148 e. The molecule has 0 amide bonds. The fraction of sp³-hybridized carbons (Fsp3) is 0.200. The van der Waals surface area contributed by atoms with E-state index in [9.17, 15) is 8.78 Å². The van der Waals surface area contributed by atoms with Crippen LogP contribution >= 0.6 is 0 Å². The summed E-state index contributed by atoms with van der Waals surface area (Å²) in [6.45, 7) is 2.25. The average molecular weight is 262 g/mol. The summed E-state index contributed by atoms with van der Waals surface area (Å²) in [5, 5.41) is 0. The van der Waals surface area contributed by atoms with Gasteiger partial charge in [-0.3, -0.25) is 0 Å². The van der Waals surface area contributed by atoms with E-state index in [4.69, 9.17) is 5.73 Å². The summed E-state index contributed by atoms with van der Waals surface area (Å²) in [7, 11) is 1.82. The topological polar surface area (TPSA) is 29.3 Å². The Labute approximate surface area is 111 Å². The van der Waals surface area contributed by atoms with Crippen LogP contribution in [0.15, 0.2) is 36.4 Å². The van der Waals surface area contributed by atoms with Crippen LogP contribution < -0.4 is 10.6 Å². The van der Waals surface area contributed by atoms with Crippen molar-refractivity contribution in [1.82, 2.24) is 0 Å². The Morgan fingerprint density at radius 1 is 1.11 bits per heavy atom. The molecule has 0 aliphatic carbocycles. The zero-order chi connectivity index (χ0) is 14.0. The van der Waals surface area contributed by atoms with Crippen molar-refractivity contribution in [2.45, 2.75) is 13.5 Å². The van der Waals surface area contributed by atoms with Crippen LogP contribution in [-0.2, 0) is 6.54 Å². The van der Waals surface area contributed by atoms with Gasteiger partial charge in [-0.15, -0.1) is 0 Å². The molecule has 0 atom stereocenters. The molecular weight excluding hydrogens is 246 g/mol. The van der Waals surface area contributed by atoms with Gasteiger partial charge in [-0.05, 0) is 36.2 Å². The largest absolute Gasteiger partial charge is 0.395 e. The standard InChI is InChI=1S/C15H16F2N2/c1-10-8-11(6-7-12(10)16)9-19(2)14-5-3-4-13(17)15(14)18/h3-8H,9,18H2,1-2H3. The van der Waals surface area contributed by atoms with E-state index in [0.717, 1.165) is 5.56 Å². The summed E-state index contributed by atoms with van der Waals surface area (Å²) < 4.78 is 26.6. The molecule has 19 heavy (non-hydrogen) atoms. The van der Waals surface area contributed by atoms with Crippen LogP contribution in [0.1, 0.15) is 11.1 Å². The van der Waals surface area contributed by atoms with Crippen LogP contribution in [0.4, 0.5) is 20.2 Å². The molecule has 0 spiro atoms. The Kier molecular flexibility index (Phi) is 3.69. The predicted molar refractivity (Wildman–Crippen MR) is 74.1 cm³/mol. The van der Waals surface area contributed by atoms with Gasteiger partial charge in [-0.25, -0.2) is 8.78 Å². The highest BCUT2D eigenvalue weighted by Gasteiger charge is 2.10. The third-order valence-corrected chi connectivity index (χ3v) is 3.08. The quantitative estimate of drug-likeness (QED) is 0.858.